The lowest BCUT2D eigenvalue weighted by molar-refractivity contribution is 1.06. The highest BCUT2D eigenvalue weighted by molar-refractivity contribution is 6.04. The molecule has 0 radical (unpaired) electrons. The lowest BCUT2D eigenvalue weighted by Gasteiger charge is -2.28. The summed E-state index contributed by atoms with van der Waals surface area (Å²) in [4.78, 5) is 0. The maximum atomic E-state index is 5.94. The fraction of sp³-hybridized carbons (Fsp3) is 0.0400. The molecule has 2 heteroatoms. The fourth-order valence-electron chi connectivity index (χ4n) is 4.15. The number of rotatable bonds is 2. The van der Waals surface area contributed by atoms with Crippen molar-refractivity contribution in [1.29, 1.82) is 0 Å². The fourth-order valence-corrected chi connectivity index (χ4v) is 4.15. The second-order valence-electron chi connectivity index (χ2n) is 7.11. The third kappa shape index (κ3) is 2.58. The zero-order valence-electron chi connectivity index (χ0n) is 14.9. The first-order chi connectivity index (χ1) is 13.2. The number of nitrogens with two attached hydrogens (primary N) is 2. The van der Waals surface area contributed by atoms with Gasteiger partial charge in [0.25, 0.3) is 0 Å². The Morgan fingerprint density at radius 3 is 1.96 bits per heavy atom. The van der Waals surface area contributed by atoms with Crippen LogP contribution in [0.15, 0.2) is 84.9 Å². The van der Waals surface area contributed by atoms with Crippen molar-refractivity contribution in [2.75, 3.05) is 11.5 Å². The summed E-state index contributed by atoms with van der Waals surface area (Å²) < 4.78 is 0. The summed E-state index contributed by atoms with van der Waals surface area (Å²) in [7, 11) is 0. The third-order valence-electron chi connectivity index (χ3n) is 5.42. The molecule has 0 heterocycles. The summed E-state index contributed by atoms with van der Waals surface area (Å²) in [6.45, 7) is 0. The van der Waals surface area contributed by atoms with Crippen LogP contribution in [0.25, 0.3) is 22.4 Å². The monoisotopic (exact) mass is 348 g/mol. The molecule has 27 heavy (non-hydrogen) atoms. The van der Waals surface area contributed by atoms with E-state index < -0.39 is 0 Å². The summed E-state index contributed by atoms with van der Waals surface area (Å²) >= 11 is 0. The van der Waals surface area contributed by atoms with E-state index >= 15 is 0 Å². The first-order valence-corrected chi connectivity index (χ1v) is 9.15. The Hall–Kier alpha value is -3.52. The van der Waals surface area contributed by atoms with Crippen LogP contribution < -0.4 is 11.5 Å². The van der Waals surface area contributed by atoms with Crippen LogP contribution in [-0.2, 0) is 0 Å². The van der Waals surface area contributed by atoms with Gasteiger partial charge in [-0.05, 0) is 68.9 Å². The summed E-state index contributed by atoms with van der Waals surface area (Å²) in [6, 6.07) is 29.5. The standard InChI is InChI=1S/C25H20N2/c26-20-11-7-16(8-12-20)23-15-19-5-1-3-17-4-2-6-22(24(17)19)25(23)18-9-13-21(27)14-10-18/h1-15,25H,26-27H2. The number of anilines is 2. The van der Waals surface area contributed by atoms with E-state index in [1.165, 1.54) is 38.6 Å². The molecular formula is C25H20N2. The Kier molecular flexibility index (Phi) is 3.51. The van der Waals surface area contributed by atoms with E-state index in [4.69, 9.17) is 11.5 Å². The van der Waals surface area contributed by atoms with Crippen molar-refractivity contribution in [3.8, 4) is 0 Å². The minimum Gasteiger partial charge on any atom is -0.399 e. The molecule has 0 saturated heterocycles. The maximum absolute atomic E-state index is 5.94. The Bertz CT molecular complexity index is 1160. The first-order valence-electron chi connectivity index (χ1n) is 9.15. The quantitative estimate of drug-likeness (QED) is 0.457. The van der Waals surface area contributed by atoms with Gasteiger partial charge in [0.2, 0.25) is 0 Å². The highest BCUT2D eigenvalue weighted by atomic mass is 14.5. The number of hydrogen-bond acceptors (Lipinski definition) is 2. The molecule has 130 valence electrons. The summed E-state index contributed by atoms with van der Waals surface area (Å²) in [5, 5.41) is 2.61. The first kappa shape index (κ1) is 15.7. The van der Waals surface area contributed by atoms with Crippen molar-refractivity contribution in [1.82, 2.24) is 0 Å². The highest BCUT2D eigenvalue weighted by Gasteiger charge is 2.26. The molecular weight excluding hydrogens is 328 g/mol. The van der Waals surface area contributed by atoms with E-state index in [1.807, 2.05) is 24.3 Å². The normalized spacial score (nSPS) is 15.6. The van der Waals surface area contributed by atoms with Gasteiger partial charge in [-0.15, -0.1) is 0 Å². The van der Waals surface area contributed by atoms with Crippen LogP contribution in [0.2, 0.25) is 0 Å². The van der Waals surface area contributed by atoms with Crippen molar-refractivity contribution < 1.29 is 0 Å². The van der Waals surface area contributed by atoms with Gasteiger partial charge in [0.1, 0.15) is 0 Å². The van der Waals surface area contributed by atoms with E-state index in [0.717, 1.165) is 11.4 Å². The molecule has 1 atom stereocenters. The third-order valence-corrected chi connectivity index (χ3v) is 5.42. The van der Waals surface area contributed by atoms with Crippen molar-refractivity contribution in [3.05, 3.63) is 107 Å². The molecule has 0 spiro atoms. The SMILES string of the molecule is Nc1ccc(C2=Cc3cccc4cccc(c34)C2c2ccc(N)cc2)cc1. The van der Waals surface area contributed by atoms with Crippen LogP contribution in [0, 0.1) is 0 Å². The molecule has 1 aliphatic rings. The Balaban J connectivity index is 1.81. The number of allylic oxidation sites excluding steroid dienone is 1. The molecule has 4 aromatic rings. The van der Waals surface area contributed by atoms with Gasteiger partial charge >= 0.3 is 0 Å². The van der Waals surface area contributed by atoms with Crippen LogP contribution in [0.3, 0.4) is 0 Å². The molecule has 4 aromatic carbocycles. The molecule has 0 aliphatic heterocycles. The van der Waals surface area contributed by atoms with E-state index in [9.17, 15) is 0 Å². The lowest BCUT2D eigenvalue weighted by atomic mass is 9.75. The summed E-state index contributed by atoms with van der Waals surface area (Å²) in [6.07, 6.45) is 2.32. The highest BCUT2D eigenvalue weighted by Crippen LogP contribution is 2.46. The number of hydrogen-bond donors (Lipinski definition) is 2. The molecule has 0 saturated carbocycles. The lowest BCUT2D eigenvalue weighted by Crippen LogP contribution is -2.09. The molecule has 0 aromatic heterocycles. The second-order valence-corrected chi connectivity index (χ2v) is 7.11. The number of benzene rings is 4. The van der Waals surface area contributed by atoms with Gasteiger partial charge in [0, 0.05) is 17.3 Å². The number of nitrogen functional groups attached to an aromatic ring is 2. The van der Waals surface area contributed by atoms with Crippen molar-refractivity contribution in [2.24, 2.45) is 0 Å². The zero-order chi connectivity index (χ0) is 18.4. The predicted octanol–water partition coefficient (Wildman–Crippen LogP) is 5.69. The van der Waals surface area contributed by atoms with Crippen molar-refractivity contribution in [2.45, 2.75) is 5.92 Å². The van der Waals surface area contributed by atoms with E-state index in [1.54, 1.807) is 0 Å². The minimum atomic E-state index is 0.160. The van der Waals surface area contributed by atoms with Crippen molar-refractivity contribution in [3.63, 3.8) is 0 Å². The summed E-state index contributed by atoms with van der Waals surface area (Å²) in [5.41, 5.74) is 19.8. The van der Waals surface area contributed by atoms with E-state index in [-0.39, 0.29) is 5.92 Å². The molecule has 0 fully saturated rings. The minimum absolute atomic E-state index is 0.160. The van der Waals surface area contributed by atoms with E-state index in [2.05, 4.69) is 66.7 Å². The smallest absolute Gasteiger partial charge is 0.0352 e. The largest absolute Gasteiger partial charge is 0.399 e. The second kappa shape index (κ2) is 6.03. The Morgan fingerprint density at radius 2 is 1.26 bits per heavy atom. The average molecular weight is 348 g/mol. The molecule has 1 unspecified atom stereocenters. The molecule has 5 rings (SSSR count). The topological polar surface area (TPSA) is 52.0 Å². The van der Waals surface area contributed by atoms with Gasteiger partial charge in [-0.1, -0.05) is 60.7 Å². The van der Waals surface area contributed by atoms with Gasteiger partial charge in [0.15, 0.2) is 0 Å². The molecule has 4 N–H and O–H groups in total. The molecule has 0 amide bonds. The van der Waals surface area contributed by atoms with Crippen LogP contribution in [0.1, 0.15) is 28.2 Å². The Morgan fingerprint density at radius 1 is 0.630 bits per heavy atom. The van der Waals surface area contributed by atoms with Crippen molar-refractivity contribution >= 4 is 33.8 Å². The molecule has 1 aliphatic carbocycles. The van der Waals surface area contributed by atoms with Crippen LogP contribution >= 0.6 is 0 Å². The maximum Gasteiger partial charge on any atom is 0.0352 e. The molecule has 0 bridgehead atoms. The Labute approximate surface area is 158 Å². The zero-order valence-corrected chi connectivity index (χ0v) is 14.9. The van der Waals surface area contributed by atoms with Crippen LogP contribution in [0.5, 0.6) is 0 Å². The average Bonchev–Trinajstić information content (AvgIpc) is 2.70. The van der Waals surface area contributed by atoms with Crippen LogP contribution in [-0.4, -0.2) is 0 Å². The van der Waals surface area contributed by atoms with Gasteiger partial charge in [-0.2, -0.15) is 0 Å². The van der Waals surface area contributed by atoms with Gasteiger partial charge < -0.3 is 11.5 Å². The predicted molar refractivity (Wildman–Crippen MR) is 115 cm³/mol. The van der Waals surface area contributed by atoms with E-state index in [0.29, 0.717) is 0 Å². The summed E-state index contributed by atoms with van der Waals surface area (Å²) in [5.74, 6) is 0.160. The van der Waals surface area contributed by atoms with Crippen LogP contribution in [0.4, 0.5) is 11.4 Å². The van der Waals surface area contributed by atoms with Gasteiger partial charge in [0.05, 0.1) is 0 Å². The molecule has 2 nitrogen and oxygen atoms in total. The van der Waals surface area contributed by atoms with Gasteiger partial charge in [-0.25, -0.2) is 0 Å². The van der Waals surface area contributed by atoms with Gasteiger partial charge in [-0.3, -0.25) is 0 Å².